The molecule has 0 saturated heterocycles. The van der Waals surface area contributed by atoms with Gasteiger partial charge in [-0.05, 0) is 42.4 Å². The summed E-state index contributed by atoms with van der Waals surface area (Å²) >= 11 is 0. The minimum atomic E-state index is -1.12. The number of fused-ring (bicyclic) bond motifs is 1. The summed E-state index contributed by atoms with van der Waals surface area (Å²) < 4.78 is 4.76. The smallest absolute Gasteiger partial charge is 0.333 e. The highest BCUT2D eigenvalue weighted by atomic mass is 16.6. The summed E-state index contributed by atoms with van der Waals surface area (Å²) in [6, 6.07) is 0. The van der Waals surface area contributed by atoms with Crippen molar-refractivity contribution in [2.45, 2.75) is 59.2 Å². The Morgan fingerprint density at radius 3 is 2.74 bits per heavy atom. The van der Waals surface area contributed by atoms with Gasteiger partial charge in [-0.25, -0.2) is 4.79 Å². The predicted octanol–water partition coefficient (Wildman–Crippen LogP) is 4.14. The van der Waals surface area contributed by atoms with Crippen molar-refractivity contribution in [3.63, 3.8) is 0 Å². The van der Waals surface area contributed by atoms with Gasteiger partial charge in [-0.15, -0.1) is 0 Å². The van der Waals surface area contributed by atoms with Crippen LogP contribution in [0.15, 0.2) is 36.0 Å². The van der Waals surface area contributed by atoms with Gasteiger partial charge in [-0.1, -0.05) is 51.5 Å². The summed E-state index contributed by atoms with van der Waals surface area (Å²) in [6.45, 7) is 11.5. The fourth-order valence-corrected chi connectivity index (χ4v) is 5.32. The summed E-state index contributed by atoms with van der Waals surface area (Å²) in [5.41, 5.74) is 2.40. The molecule has 0 aromatic carbocycles. The SMILES string of the molecule is C=C1CC[C@@H]2C(C)(C)CCC[C@@]2(C)[C@@H]1/C=C/C1=CC(=O)OC1O. The average molecular weight is 316 g/mol. The Morgan fingerprint density at radius 2 is 2.09 bits per heavy atom. The highest BCUT2D eigenvalue weighted by molar-refractivity contribution is 5.86. The van der Waals surface area contributed by atoms with Gasteiger partial charge >= 0.3 is 5.97 Å². The van der Waals surface area contributed by atoms with Crippen molar-refractivity contribution in [2.24, 2.45) is 22.7 Å². The number of carbonyl (C=O) groups excluding carboxylic acids is 1. The first-order chi connectivity index (χ1) is 10.7. The van der Waals surface area contributed by atoms with Crippen molar-refractivity contribution >= 4 is 5.97 Å². The molecule has 2 aliphatic carbocycles. The standard InChI is InChI=1S/C20H28O3/c1-13-6-9-16-19(2,3)10-5-11-20(16,4)15(13)8-7-14-12-17(21)23-18(14)22/h7-8,12,15-16,18,22H,1,5-6,9-11H2,2-4H3/b8-7+/t15-,16-,18?,20+/m1/s1. The molecule has 0 bridgehead atoms. The van der Waals surface area contributed by atoms with E-state index >= 15 is 0 Å². The van der Waals surface area contributed by atoms with Crippen LogP contribution >= 0.6 is 0 Å². The zero-order valence-corrected chi connectivity index (χ0v) is 14.5. The Balaban J connectivity index is 1.89. The summed E-state index contributed by atoms with van der Waals surface area (Å²) in [4.78, 5) is 11.2. The predicted molar refractivity (Wildman–Crippen MR) is 90.4 cm³/mol. The Hall–Kier alpha value is -1.35. The molecule has 3 heteroatoms. The third-order valence-electron chi connectivity index (χ3n) is 6.46. The van der Waals surface area contributed by atoms with Crippen LogP contribution in [0.2, 0.25) is 0 Å². The Morgan fingerprint density at radius 1 is 1.35 bits per heavy atom. The second kappa shape index (κ2) is 5.62. The van der Waals surface area contributed by atoms with E-state index in [9.17, 15) is 9.90 Å². The molecular formula is C20H28O3. The van der Waals surface area contributed by atoms with Gasteiger partial charge < -0.3 is 9.84 Å². The van der Waals surface area contributed by atoms with E-state index in [0.29, 0.717) is 22.8 Å². The van der Waals surface area contributed by atoms with E-state index in [1.807, 2.05) is 6.08 Å². The number of aliphatic hydroxyl groups excluding tert-OH is 1. The van der Waals surface area contributed by atoms with E-state index < -0.39 is 12.3 Å². The highest BCUT2D eigenvalue weighted by Crippen LogP contribution is 2.61. The molecule has 1 unspecified atom stereocenters. The molecule has 0 radical (unpaired) electrons. The van der Waals surface area contributed by atoms with Crippen LogP contribution in [0.25, 0.3) is 0 Å². The third-order valence-corrected chi connectivity index (χ3v) is 6.46. The van der Waals surface area contributed by atoms with Crippen molar-refractivity contribution < 1.29 is 14.6 Å². The van der Waals surface area contributed by atoms with Gasteiger partial charge in [0.05, 0.1) is 0 Å². The number of rotatable bonds is 2. The number of carbonyl (C=O) groups is 1. The minimum Gasteiger partial charge on any atom is -0.428 e. The third kappa shape index (κ3) is 2.80. The van der Waals surface area contributed by atoms with E-state index in [2.05, 4.69) is 33.4 Å². The van der Waals surface area contributed by atoms with E-state index in [-0.39, 0.29) is 5.41 Å². The Kier molecular flexibility index (Phi) is 4.04. The largest absolute Gasteiger partial charge is 0.428 e. The molecule has 0 spiro atoms. The molecule has 23 heavy (non-hydrogen) atoms. The van der Waals surface area contributed by atoms with E-state index in [1.165, 1.54) is 37.3 Å². The summed E-state index contributed by atoms with van der Waals surface area (Å²) in [5, 5.41) is 9.75. The van der Waals surface area contributed by atoms with E-state index in [4.69, 9.17) is 4.74 Å². The van der Waals surface area contributed by atoms with Gasteiger partial charge in [0.25, 0.3) is 0 Å². The summed E-state index contributed by atoms with van der Waals surface area (Å²) in [7, 11) is 0. The topological polar surface area (TPSA) is 46.5 Å². The van der Waals surface area contributed by atoms with Crippen LogP contribution in [0, 0.1) is 22.7 Å². The van der Waals surface area contributed by atoms with Crippen molar-refractivity contribution in [3.8, 4) is 0 Å². The van der Waals surface area contributed by atoms with Crippen LogP contribution in [0.1, 0.15) is 52.9 Å². The molecular weight excluding hydrogens is 288 g/mol. The maximum absolute atomic E-state index is 11.2. The number of allylic oxidation sites excluding steroid dienone is 2. The minimum absolute atomic E-state index is 0.211. The lowest BCUT2D eigenvalue weighted by atomic mass is 9.47. The zero-order valence-electron chi connectivity index (χ0n) is 14.5. The van der Waals surface area contributed by atoms with Gasteiger partial charge in [0.1, 0.15) is 0 Å². The van der Waals surface area contributed by atoms with Crippen LogP contribution in [0.3, 0.4) is 0 Å². The van der Waals surface area contributed by atoms with Crippen molar-refractivity contribution in [2.75, 3.05) is 0 Å². The molecule has 2 fully saturated rings. The zero-order chi connectivity index (χ0) is 16.8. The van der Waals surface area contributed by atoms with Gasteiger partial charge in [-0.3, -0.25) is 0 Å². The van der Waals surface area contributed by atoms with Crippen molar-refractivity contribution in [1.29, 1.82) is 0 Å². The summed E-state index contributed by atoms with van der Waals surface area (Å²) in [5.74, 6) is 0.511. The molecule has 0 aromatic heterocycles. The molecule has 3 rings (SSSR count). The van der Waals surface area contributed by atoms with Gasteiger partial charge in [0, 0.05) is 17.6 Å². The van der Waals surface area contributed by atoms with Gasteiger partial charge in [-0.2, -0.15) is 0 Å². The molecule has 126 valence electrons. The lowest BCUT2D eigenvalue weighted by Gasteiger charge is -2.57. The number of hydrogen-bond acceptors (Lipinski definition) is 3. The molecule has 0 aromatic rings. The number of ether oxygens (including phenoxy) is 1. The maximum atomic E-state index is 11.2. The summed E-state index contributed by atoms with van der Waals surface area (Å²) in [6.07, 6.45) is 10.3. The molecule has 1 heterocycles. The van der Waals surface area contributed by atoms with Crippen molar-refractivity contribution in [1.82, 2.24) is 0 Å². The maximum Gasteiger partial charge on any atom is 0.333 e. The molecule has 3 nitrogen and oxygen atoms in total. The Bertz CT molecular complexity index is 584. The van der Waals surface area contributed by atoms with Crippen molar-refractivity contribution in [3.05, 3.63) is 36.0 Å². The normalized spacial score (nSPS) is 40.0. The number of aliphatic hydroxyl groups is 1. The van der Waals surface area contributed by atoms with Crippen LogP contribution in [0.5, 0.6) is 0 Å². The average Bonchev–Trinajstić information content (AvgIpc) is 2.75. The lowest BCUT2D eigenvalue weighted by molar-refractivity contribution is -0.150. The second-order valence-corrected chi connectivity index (χ2v) is 8.37. The second-order valence-electron chi connectivity index (χ2n) is 8.37. The number of hydrogen-bond donors (Lipinski definition) is 1. The van der Waals surface area contributed by atoms with E-state index in [0.717, 1.165) is 6.42 Å². The highest BCUT2D eigenvalue weighted by Gasteiger charge is 2.52. The molecule has 1 aliphatic heterocycles. The first-order valence-corrected chi connectivity index (χ1v) is 8.70. The van der Waals surface area contributed by atoms with Crippen LogP contribution in [-0.4, -0.2) is 17.4 Å². The fourth-order valence-electron chi connectivity index (χ4n) is 5.32. The Labute approximate surface area is 139 Å². The lowest BCUT2D eigenvalue weighted by Crippen LogP contribution is -2.48. The van der Waals surface area contributed by atoms with Gasteiger partial charge in [0.2, 0.25) is 6.29 Å². The number of cyclic esters (lactones) is 1. The quantitative estimate of drug-likeness (QED) is 0.615. The molecule has 2 saturated carbocycles. The van der Waals surface area contributed by atoms with Gasteiger partial charge in [0.15, 0.2) is 0 Å². The molecule has 4 atom stereocenters. The van der Waals surface area contributed by atoms with Crippen LogP contribution < -0.4 is 0 Å². The first-order valence-electron chi connectivity index (χ1n) is 8.70. The van der Waals surface area contributed by atoms with E-state index in [1.54, 1.807) is 0 Å². The first kappa shape index (κ1) is 16.5. The molecule has 0 amide bonds. The fraction of sp³-hybridized carbons (Fsp3) is 0.650. The number of esters is 1. The van der Waals surface area contributed by atoms with Crippen LogP contribution in [-0.2, 0) is 9.53 Å². The van der Waals surface area contributed by atoms with Crippen LogP contribution in [0.4, 0.5) is 0 Å². The molecule has 1 N–H and O–H groups in total. The monoisotopic (exact) mass is 316 g/mol. The molecule has 3 aliphatic rings.